The molecule has 0 bridgehead atoms. The zero-order chi connectivity index (χ0) is 11.9. The largest absolute Gasteiger partial charge is 0.506 e. The number of hydrogen-bond acceptors (Lipinski definition) is 2. The van der Waals surface area contributed by atoms with E-state index in [9.17, 15) is 18.3 Å². The fourth-order valence-corrected chi connectivity index (χ4v) is 1.65. The van der Waals surface area contributed by atoms with Crippen LogP contribution >= 0.6 is 0 Å². The van der Waals surface area contributed by atoms with Gasteiger partial charge in [-0.3, -0.25) is 4.98 Å². The van der Waals surface area contributed by atoms with Gasteiger partial charge in [0.2, 0.25) is 0 Å². The van der Waals surface area contributed by atoms with Crippen molar-refractivity contribution in [3.05, 3.63) is 35.5 Å². The molecule has 0 spiro atoms. The Hall–Kier alpha value is -1.78. The second kappa shape index (κ2) is 3.37. The summed E-state index contributed by atoms with van der Waals surface area (Å²) in [5.74, 6) is -0.244. The third-order valence-electron chi connectivity index (χ3n) is 2.38. The standard InChI is InChI=1S/C11H8F3NO/c1-6-4-5-15-10-8(16)3-2-7(9(6)10)11(12,13)14/h2-5,16H,1H3. The Balaban J connectivity index is 2.92. The molecule has 2 rings (SSSR count). The van der Waals surface area contributed by atoms with Gasteiger partial charge in [0.25, 0.3) is 0 Å². The van der Waals surface area contributed by atoms with Crippen molar-refractivity contribution in [1.82, 2.24) is 4.98 Å². The van der Waals surface area contributed by atoms with Gasteiger partial charge in [0, 0.05) is 11.6 Å². The number of pyridine rings is 1. The summed E-state index contributed by atoms with van der Waals surface area (Å²) < 4.78 is 38.2. The van der Waals surface area contributed by atoms with Gasteiger partial charge in [-0.15, -0.1) is 0 Å². The van der Waals surface area contributed by atoms with Crippen molar-refractivity contribution in [2.45, 2.75) is 13.1 Å². The van der Waals surface area contributed by atoms with Crippen molar-refractivity contribution < 1.29 is 18.3 Å². The predicted molar refractivity (Wildman–Crippen MR) is 53.1 cm³/mol. The van der Waals surface area contributed by atoms with Crippen LogP contribution in [0.4, 0.5) is 13.2 Å². The average Bonchev–Trinajstić information content (AvgIpc) is 2.18. The summed E-state index contributed by atoms with van der Waals surface area (Å²) in [6, 6.07) is 3.36. The van der Waals surface area contributed by atoms with Crippen LogP contribution in [0.15, 0.2) is 24.4 Å². The summed E-state index contributed by atoms with van der Waals surface area (Å²) in [5.41, 5.74) is -0.353. The van der Waals surface area contributed by atoms with Crippen molar-refractivity contribution in [2.75, 3.05) is 0 Å². The Bertz CT molecular complexity index is 549. The van der Waals surface area contributed by atoms with Crippen LogP contribution in [-0.4, -0.2) is 10.1 Å². The van der Waals surface area contributed by atoms with Gasteiger partial charge in [-0.05, 0) is 30.7 Å². The third-order valence-corrected chi connectivity index (χ3v) is 2.38. The van der Waals surface area contributed by atoms with E-state index < -0.39 is 11.7 Å². The van der Waals surface area contributed by atoms with E-state index in [1.54, 1.807) is 6.92 Å². The number of rotatable bonds is 0. The highest BCUT2D eigenvalue weighted by molar-refractivity contribution is 5.90. The Morgan fingerprint density at radius 2 is 1.88 bits per heavy atom. The molecule has 0 saturated heterocycles. The summed E-state index contributed by atoms with van der Waals surface area (Å²) in [6.45, 7) is 1.55. The maximum absolute atomic E-state index is 12.7. The molecule has 1 N–H and O–H groups in total. The summed E-state index contributed by atoms with van der Waals surface area (Å²) in [6.07, 6.45) is -3.07. The Morgan fingerprint density at radius 3 is 2.50 bits per heavy atom. The molecule has 84 valence electrons. The molecule has 16 heavy (non-hydrogen) atoms. The van der Waals surface area contributed by atoms with E-state index in [1.165, 1.54) is 12.3 Å². The molecule has 0 aliphatic heterocycles. The van der Waals surface area contributed by atoms with Gasteiger partial charge >= 0.3 is 6.18 Å². The van der Waals surface area contributed by atoms with Crippen molar-refractivity contribution >= 4 is 10.9 Å². The molecule has 1 heterocycles. The first-order chi connectivity index (χ1) is 7.41. The molecule has 0 unspecified atom stereocenters. The van der Waals surface area contributed by atoms with Crippen molar-refractivity contribution in [2.24, 2.45) is 0 Å². The number of nitrogens with zero attached hydrogens (tertiary/aromatic N) is 1. The van der Waals surface area contributed by atoms with Crippen LogP contribution in [0.1, 0.15) is 11.1 Å². The number of aromatic hydroxyl groups is 1. The van der Waals surface area contributed by atoms with Crippen LogP contribution in [0.3, 0.4) is 0 Å². The molecule has 0 saturated carbocycles. The molecule has 1 aromatic heterocycles. The molecular weight excluding hydrogens is 219 g/mol. The first-order valence-corrected chi connectivity index (χ1v) is 4.56. The Morgan fingerprint density at radius 1 is 1.19 bits per heavy atom. The molecule has 5 heteroatoms. The van der Waals surface area contributed by atoms with Crippen molar-refractivity contribution in [1.29, 1.82) is 0 Å². The smallest absolute Gasteiger partial charge is 0.417 e. The SMILES string of the molecule is Cc1ccnc2c(O)ccc(C(F)(F)F)c12. The van der Waals surface area contributed by atoms with E-state index in [0.717, 1.165) is 12.1 Å². The number of phenolic OH excluding ortho intramolecular Hbond substituents is 1. The fraction of sp³-hybridized carbons (Fsp3) is 0.182. The summed E-state index contributed by atoms with van der Waals surface area (Å²) in [5, 5.41) is 9.41. The maximum Gasteiger partial charge on any atom is 0.417 e. The van der Waals surface area contributed by atoms with Gasteiger partial charge in [-0.25, -0.2) is 0 Å². The van der Waals surface area contributed by atoms with E-state index in [4.69, 9.17) is 0 Å². The lowest BCUT2D eigenvalue weighted by atomic mass is 10.0. The number of benzene rings is 1. The molecular formula is C11H8F3NO. The number of alkyl halides is 3. The lowest BCUT2D eigenvalue weighted by Gasteiger charge is -2.12. The molecule has 0 aliphatic carbocycles. The number of fused-ring (bicyclic) bond motifs is 1. The number of phenols is 1. The minimum Gasteiger partial charge on any atom is -0.506 e. The first kappa shape index (κ1) is 10.7. The van der Waals surface area contributed by atoms with E-state index in [0.29, 0.717) is 5.56 Å². The number of hydrogen-bond donors (Lipinski definition) is 1. The molecule has 0 fully saturated rings. The molecule has 0 radical (unpaired) electrons. The second-order valence-electron chi connectivity index (χ2n) is 3.48. The maximum atomic E-state index is 12.7. The second-order valence-corrected chi connectivity index (χ2v) is 3.48. The number of aromatic nitrogens is 1. The highest BCUT2D eigenvalue weighted by Crippen LogP contribution is 2.38. The molecule has 1 aromatic carbocycles. The van der Waals surface area contributed by atoms with Crippen LogP contribution in [0.5, 0.6) is 5.75 Å². The lowest BCUT2D eigenvalue weighted by Crippen LogP contribution is -2.06. The predicted octanol–water partition coefficient (Wildman–Crippen LogP) is 3.27. The zero-order valence-corrected chi connectivity index (χ0v) is 8.34. The van der Waals surface area contributed by atoms with Gasteiger partial charge in [0.05, 0.1) is 5.56 Å². The third kappa shape index (κ3) is 1.58. The van der Waals surface area contributed by atoms with Gasteiger partial charge < -0.3 is 5.11 Å². The van der Waals surface area contributed by atoms with Crippen molar-refractivity contribution in [3.8, 4) is 5.75 Å². The number of aryl methyl sites for hydroxylation is 1. The lowest BCUT2D eigenvalue weighted by molar-refractivity contribution is -0.136. The first-order valence-electron chi connectivity index (χ1n) is 4.56. The van der Waals surface area contributed by atoms with Gasteiger partial charge in [0.15, 0.2) is 0 Å². The molecule has 2 aromatic rings. The van der Waals surface area contributed by atoms with Crippen LogP contribution in [0.2, 0.25) is 0 Å². The highest BCUT2D eigenvalue weighted by atomic mass is 19.4. The van der Waals surface area contributed by atoms with E-state index in [-0.39, 0.29) is 16.7 Å². The molecule has 0 aliphatic rings. The Kier molecular flexibility index (Phi) is 2.26. The molecule has 0 atom stereocenters. The zero-order valence-electron chi connectivity index (χ0n) is 8.34. The monoisotopic (exact) mass is 227 g/mol. The highest BCUT2D eigenvalue weighted by Gasteiger charge is 2.33. The topological polar surface area (TPSA) is 33.1 Å². The van der Waals surface area contributed by atoms with E-state index in [2.05, 4.69) is 4.98 Å². The minimum atomic E-state index is -4.44. The van der Waals surface area contributed by atoms with Crippen LogP contribution in [0.25, 0.3) is 10.9 Å². The molecule has 2 nitrogen and oxygen atoms in total. The fourth-order valence-electron chi connectivity index (χ4n) is 1.65. The van der Waals surface area contributed by atoms with Gasteiger partial charge in [-0.2, -0.15) is 13.2 Å². The van der Waals surface area contributed by atoms with Crippen LogP contribution in [0, 0.1) is 6.92 Å². The number of halogens is 3. The van der Waals surface area contributed by atoms with Gasteiger partial charge in [0.1, 0.15) is 11.3 Å². The summed E-state index contributed by atoms with van der Waals surface area (Å²) >= 11 is 0. The average molecular weight is 227 g/mol. The normalized spacial score (nSPS) is 12.0. The van der Waals surface area contributed by atoms with Crippen molar-refractivity contribution in [3.63, 3.8) is 0 Å². The van der Waals surface area contributed by atoms with Crippen LogP contribution in [-0.2, 0) is 6.18 Å². The summed E-state index contributed by atoms with van der Waals surface area (Å²) in [7, 11) is 0. The van der Waals surface area contributed by atoms with E-state index >= 15 is 0 Å². The quantitative estimate of drug-likeness (QED) is 0.749. The van der Waals surface area contributed by atoms with E-state index in [1.807, 2.05) is 0 Å². The molecule has 0 amide bonds. The van der Waals surface area contributed by atoms with Crippen LogP contribution < -0.4 is 0 Å². The Labute approximate surface area is 89.4 Å². The summed E-state index contributed by atoms with van der Waals surface area (Å²) in [4.78, 5) is 3.77. The van der Waals surface area contributed by atoms with Gasteiger partial charge in [-0.1, -0.05) is 0 Å². The minimum absolute atomic E-state index is 0.0187.